The third-order valence-electron chi connectivity index (χ3n) is 3.58. The smallest absolute Gasteiger partial charge is 0.250 e. The van der Waals surface area contributed by atoms with Crippen molar-refractivity contribution in [2.75, 3.05) is 38.0 Å². The molecule has 0 aliphatic rings. The Morgan fingerprint density at radius 1 is 1.21 bits per heavy atom. The molecule has 0 unspecified atom stereocenters. The number of anilines is 2. The Morgan fingerprint density at radius 2 is 1.96 bits per heavy atom. The molecular formula is C18H19N3O3. The van der Waals surface area contributed by atoms with Crippen molar-refractivity contribution in [2.24, 2.45) is 0 Å². The van der Waals surface area contributed by atoms with Gasteiger partial charge in [0.05, 0.1) is 0 Å². The van der Waals surface area contributed by atoms with Crippen LogP contribution in [-0.4, -0.2) is 38.7 Å². The quantitative estimate of drug-likeness (QED) is 0.780. The first-order valence-electron chi connectivity index (χ1n) is 7.54. The summed E-state index contributed by atoms with van der Waals surface area (Å²) in [7, 11) is 5.47. The van der Waals surface area contributed by atoms with Gasteiger partial charge in [0.15, 0.2) is 5.58 Å². The minimum atomic E-state index is -0.208. The summed E-state index contributed by atoms with van der Waals surface area (Å²) in [6, 6.07) is 13.3. The Labute approximate surface area is 140 Å². The molecule has 3 aromatic rings. The lowest BCUT2D eigenvalue weighted by atomic mass is 10.2. The van der Waals surface area contributed by atoms with Gasteiger partial charge in [0.25, 0.3) is 0 Å². The van der Waals surface area contributed by atoms with Crippen LogP contribution in [0.15, 0.2) is 46.9 Å². The lowest BCUT2D eigenvalue weighted by Crippen LogP contribution is -2.16. The topological polar surface area (TPSA) is 67.6 Å². The average Bonchev–Trinajstić information content (AvgIpc) is 2.98. The number of carbonyl (C=O) groups is 1. The molecule has 0 aliphatic carbocycles. The minimum Gasteiger partial charge on any atom is -0.436 e. The van der Waals surface area contributed by atoms with Gasteiger partial charge in [0.1, 0.15) is 12.1 Å². The van der Waals surface area contributed by atoms with Gasteiger partial charge in [-0.25, -0.2) is 4.98 Å². The average molecular weight is 325 g/mol. The maximum atomic E-state index is 11.6. The van der Waals surface area contributed by atoms with Gasteiger partial charge in [0.2, 0.25) is 11.8 Å². The number of nitrogens with one attached hydrogen (secondary N) is 1. The Morgan fingerprint density at radius 3 is 2.62 bits per heavy atom. The first kappa shape index (κ1) is 16.0. The van der Waals surface area contributed by atoms with Crippen LogP contribution in [0.25, 0.3) is 22.6 Å². The van der Waals surface area contributed by atoms with Gasteiger partial charge in [-0.15, -0.1) is 0 Å². The van der Waals surface area contributed by atoms with Crippen LogP contribution in [0, 0.1) is 0 Å². The minimum absolute atomic E-state index is 0.0142. The third-order valence-corrected chi connectivity index (χ3v) is 3.58. The van der Waals surface area contributed by atoms with E-state index in [4.69, 9.17) is 9.15 Å². The summed E-state index contributed by atoms with van der Waals surface area (Å²) in [4.78, 5) is 18.1. The Kier molecular flexibility index (Phi) is 4.48. The van der Waals surface area contributed by atoms with Crippen molar-refractivity contribution in [3.8, 4) is 11.5 Å². The van der Waals surface area contributed by atoms with Crippen LogP contribution < -0.4 is 10.2 Å². The molecule has 2 aromatic carbocycles. The lowest BCUT2D eigenvalue weighted by Gasteiger charge is -2.11. The van der Waals surface area contributed by atoms with Gasteiger partial charge >= 0.3 is 0 Å². The number of methoxy groups -OCH3 is 1. The van der Waals surface area contributed by atoms with Crippen LogP contribution in [0.5, 0.6) is 0 Å². The molecule has 0 saturated heterocycles. The van der Waals surface area contributed by atoms with Gasteiger partial charge in [-0.1, -0.05) is 0 Å². The highest BCUT2D eigenvalue weighted by atomic mass is 16.5. The summed E-state index contributed by atoms with van der Waals surface area (Å²) < 4.78 is 10.6. The summed E-state index contributed by atoms with van der Waals surface area (Å²) in [5.74, 6) is 0.343. The molecule has 6 nitrogen and oxygen atoms in total. The number of hydrogen-bond acceptors (Lipinski definition) is 5. The van der Waals surface area contributed by atoms with Gasteiger partial charge < -0.3 is 19.4 Å². The standard InChI is InChI=1S/C18H19N3O3/c1-21(2)14-7-4-12(5-8-14)18-20-15-10-13(6-9-16(15)24-18)19-17(22)11-23-3/h4-10H,11H2,1-3H3,(H,19,22). The number of benzene rings is 2. The first-order chi connectivity index (χ1) is 11.6. The molecule has 3 rings (SSSR count). The maximum absolute atomic E-state index is 11.6. The van der Waals surface area contributed by atoms with Crippen molar-refractivity contribution in [1.29, 1.82) is 0 Å². The summed E-state index contributed by atoms with van der Waals surface area (Å²) in [5, 5.41) is 2.75. The van der Waals surface area contributed by atoms with Crippen molar-refractivity contribution in [3.05, 3.63) is 42.5 Å². The summed E-state index contributed by atoms with van der Waals surface area (Å²) in [6.45, 7) is 0.0142. The molecule has 124 valence electrons. The van der Waals surface area contributed by atoms with E-state index >= 15 is 0 Å². The second-order valence-corrected chi connectivity index (χ2v) is 5.62. The zero-order valence-electron chi connectivity index (χ0n) is 13.9. The number of carbonyl (C=O) groups excluding carboxylic acids is 1. The number of amides is 1. The number of aromatic nitrogens is 1. The summed E-state index contributed by atoms with van der Waals surface area (Å²) in [5.41, 5.74) is 4.04. The molecule has 0 saturated carbocycles. The molecule has 1 aromatic heterocycles. The lowest BCUT2D eigenvalue weighted by molar-refractivity contribution is -0.119. The second kappa shape index (κ2) is 6.72. The number of rotatable bonds is 5. The van der Waals surface area contributed by atoms with Crippen LogP contribution in [0.4, 0.5) is 11.4 Å². The molecule has 0 aliphatic heterocycles. The van der Waals surface area contributed by atoms with Crippen molar-refractivity contribution in [3.63, 3.8) is 0 Å². The fraction of sp³-hybridized carbons (Fsp3) is 0.222. The predicted octanol–water partition coefficient (Wildman–Crippen LogP) is 3.15. The van der Waals surface area contributed by atoms with Crippen molar-refractivity contribution < 1.29 is 13.9 Å². The van der Waals surface area contributed by atoms with E-state index < -0.39 is 0 Å². The van der Waals surface area contributed by atoms with E-state index in [0.29, 0.717) is 22.7 Å². The zero-order valence-corrected chi connectivity index (χ0v) is 13.9. The van der Waals surface area contributed by atoms with Crippen LogP contribution in [-0.2, 0) is 9.53 Å². The van der Waals surface area contributed by atoms with E-state index in [1.807, 2.05) is 43.3 Å². The normalized spacial score (nSPS) is 10.8. The number of oxazole rings is 1. The van der Waals surface area contributed by atoms with Gasteiger partial charge in [-0.05, 0) is 42.5 Å². The molecule has 1 amide bonds. The molecule has 24 heavy (non-hydrogen) atoms. The van der Waals surface area contributed by atoms with Crippen molar-refractivity contribution in [2.45, 2.75) is 0 Å². The molecule has 0 atom stereocenters. The van der Waals surface area contributed by atoms with Gasteiger partial charge in [0, 0.05) is 38.1 Å². The zero-order chi connectivity index (χ0) is 17.1. The van der Waals surface area contributed by atoms with Crippen LogP contribution in [0.1, 0.15) is 0 Å². The van der Waals surface area contributed by atoms with Crippen molar-refractivity contribution in [1.82, 2.24) is 4.98 Å². The SMILES string of the molecule is COCC(=O)Nc1ccc2oc(-c3ccc(N(C)C)cc3)nc2c1. The molecule has 0 spiro atoms. The van der Waals surface area contributed by atoms with E-state index in [9.17, 15) is 4.79 Å². The largest absolute Gasteiger partial charge is 0.436 e. The monoisotopic (exact) mass is 325 g/mol. The van der Waals surface area contributed by atoms with E-state index in [0.717, 1.165) is 11.3 Å². The predicted molar refractivity (Wildman–Crippen MR) is 94.3 cm³/mol. The van der Waals surface area contributed by atoms with Crippen LogP contribution in [0.2, 0.25) is 0 Å². The molecule has 0 fully saturated rings. The van der Waals surface area contributed by atoms with E-state index in [-0.39, 0.29) is 12.5 Å². The van der Waals surface area contributed by atoms with Gasteiger partial charge in [-0.2, -0.15) is 0 Å². The fourth-order valence-electron chi connectivity index (χ4n) is 2.36. The third kappa shape index (κ3) is 3.38. The van der Waals surface area contributed by atoms with E-state index in [2.05, 4.69) is 10.3 Å². The number of nitrogens with zero attached hydrogens (tertiary/aromatic N) is 2. The first-order valence-corrected chi connectivity index (χ1v) is 7.54. The Bertz CT molecular complexity index is 854. The number of ether oxygens (including phenoxy) is 1. The highest BCUT2D eigenvalue weighted by molar-refractivity contribution is 5.93. The van der Waals surface area contributed by atoms with Crippen molar-refractivity contribution >= 4 is 28.4 Å². The highest BCUT2D eigenvalue weighted by Crippen LogP contribution is 2.27. The van der Waals surface area contributed by atoms with Gasteiger partial charge in [-0.3, -0.25) is 4.79 Å². The molecule has 6 heteroatoms. The van der Waals surface area contributed by atoms with Crippen LogP contribution in [0.3, 0.4) is 0 Å². The molecule has 1 heterocycles. The molecule has 0 radical (unpaired) electrons. The molecule has 1 N–H and O–H groups in total. The number of fused-ring (bicyclic) bond motifs is 1. The fourth-order valence-corrected chi connectivity index (χ4v) is 2.36. The second-order valence-electron chi connectivity index (χ2n) is 5.62. The van der Waals surface area contributed by atoms with Crippen LogP contribution >= 0.6 is 0 Å². The maximum Gasteiger partial charge on any atom is 0.250 e. The Hall–Kier alpha value is -2.86. The summed E-state index contributed by atoms with van der Waals surface area (Å²) >= 11 is 0. The molecular weight excluding hydrogens is 306 g/mol. The number of hydrogen-bond donors (Lipinski definition) is 1. The van der Waals surface area contributed by atoms with E-state index in [1.165, 1.54) is 7.11 Å². The summed E-state index contributed by atoms with van der Waals surface area (Å²) in [6.07, 6.45) is 0. The highest BCUT2D eigenvalue weighted by Gasteiger charge is 2.10. The molecule has 0 bridgehead atoms. The van der Waals surface area contributed by atoms with E-state index in [1.54, 1.807) is 18.2 Å². The Balaban J connectivity index is 1.86.